The maximum atomic E-state index is 10.4. The molecule has 0 heterocycles. The van der Waals surface area contributed by atoms with E-state index in [0.29, 0.717) is 6.42 Å². The van der Waals surface area contributed by atoms with Gasteiger partial charge in [0, 0.05) is 6.42 Å². The molecule has 0 amide bonds. The number of esters is 1. The second-order valence-electron chi connectivity index (χ2n) is 1.67. The monoisotopic (exact) mass is 201 g/mol. The van der Waals surface area contributed by atoms with E-state index in [9.17, 15) is 4.79 Å². The fraction of sp³-hybridized carbons (Fsp3) is 0.667. The second kappa shape index (κ2) is 22.9. The summed E-state index contributed by atoms with van der Waals surface area (Å²) in [6.07, 6.45) is 3.42. The number of ether oxygens (including phenoxy) is 1. The van der Waals surface area contributed by atoms with Gasteiger partial charge in [-0.25, -0.2) is 0 Å². The first-order valence-electron chi connectivity index (χ1n) is 3.10. The van der Waals surface area contributed by atoms with E-state index in [0.717, 1.165) is 12.8 Å². The summed E-state index contributed by atoms with van der Waals surface area (Å²) >= 11 is 0. The van der Waals surface area contributed by atoms with Crippen molar-refractivity contribution in [3.63, 3.8) is 0 Å². The van der Waals surface area contributed by atoms with Gasteiger partial charge in [0.2, 0.25) is 0 Å². The largest absolute Gasteiger partial charge is 1.00 e. The summed E-state index contributed by atoms with van der Waals surface area (Å²) in [5.74, 6) is -0.431. The van der Waals surface area contributed by atoms with E-state index in [2.05, 4.69) is 4.74 Å². The van der Waals surface area contributed by atoms with Crippen LogP contribution in [0.1, 0.15) is 26.2 Å². The molecular formula is C6H9N3Na2O2. The van der Waals surface area contributed by atoms with Crippen LogP contribution in [0.25, 0.3) is 11.1 Å². The normalized spacial score (nSPS) is 5.85. The number of unbranched alkanes of at least 4 members (excludes halogenated alkanes) is 1. The van der Waals surface area contributed by atoms with Crippen molar-refractivity contribution < 1.29 is 68.6 Å². The van der Waals surface area contributed by atoms with Gasteiger partial charge in [0.1, 0.15) is 0 Å². The average molecular weight is 201 g/mol. The summed E-state index contributed by atoms with van der Waals surface area (Å²) in [5, 5.41) is 7.84. The molecule has 0 N–H and O–H groups in total. The minimum Gasteiger partial charge on any atom is -1.00 e. The molecule has 0 unspecified atom stereocenters. The first-order chi connectivity index (χ1) is 5.31. The molecule has 0 saturated heterocycles. The molecule has 7 heteroatoms. The summed E-state index contributed by atoms with van der Waals surface area (Å²) in [4.78, 5) is 10.4. The van der Waals surface area contributed by atoms with Gasteiger partial charge in [0.15, 0.2) is 0 Å². The van der Waals surface area contributed by atoms with Crippen molar-refractivity contribution in [1.82, 2.24) is 0 Å². The van der Waals surface area contributed by atoms with Crippen molar-refractivity contribution in [2.24, 2.45) is 0 Å². The van der Waals surface area contributed by atoms with Crippen LogP contribution in [0.3, 0.4) is 0 Å². The van der Waals surface area contributed by atoms with Crippen LogP contribution in [-0.4, -0.2) is 5.97 Å². The molecule has 0 saturated carbocycles. The molecule has 0 fully saturated rings. The topological polar surface area (TPSA) is 94.7 Å². The van der Waals surface area contributed by atoms with Crippen LogP contribution in [0.5, 0.6) is 0 Å². The Hall–Kier alpha value is 0.560. The zero-order chi connectivity index (χ0) is 9.11. The quantitative estimate of drug-likeness (QED) is 0.200. The van der Waals surface area contributed by atoms with Crippen LogP contribution in [0, 0.1) is 11.5 Å². The minimum absolute atomic E-state index is 0. The molecule has 13 heavy (non-hydrogen) atoms. The zero-order valence-corrected chi connectivity index (χ0v) is 12.3. The Morgan fingerprint density at radius 2 is 1.92 bits per heavy atom. The van der Waals surface area contributed by atoms with Gasteiger partial charge in [-0.05, 0) is 6.42 Å². The Bertz CT molecular complexity index is 149. The molecule has 0 aromatic rings. The number of nitriles is 1. The number of hydrogen-bond donors (Lipinski definition) is 0. The third-order valence-electron chi connectivity index (χ3n) is 0.894. The van der Waals surface area contributed by atoms with Crippen LogP contribution in [-0.2, 0) is 9.53 Å². The molecule has 0 spiro atoms. The van der Waals surface area contributed by atoms with Gasteiger partial charge in [0.25, 0.3) is 6.26 Å². The Morgan fingerprint density at radius 3 is 2.23 bits per heavy atom. The summed E-state index contributed by atoms with van der Waals surface area (Å²) in [7, 11) is 0. The molecule has 0 radical (unpaired) electrons. The first kappa shape index (κ1) is 23.4. The van der Waals surface area contributed by atoms with Crippen LogP contribution in [0.4, 0.5) is 0 Å². The SMILES string of the molecule is CCCCC(=O)OC#N.[N-]=[N-].[Na+].[Na+]. The third-order valence-corrected chi connectivity index (χ3v) is 0.894. The van der Waals surface area contributed by atoms with Gasteiger partial charge in [-0.2, -0.15) is 0 Å². The average Bonchev–Trinajstić information content (AvgIpc) is 2.05. The van der Waals surface area contributed by atoms with Crippen molar-refractivity contribution in [1.29, 1.82) is 5.26 Å². The molecule has 62 valence electrons. The van der Waals surface area contributed by atoms with E-state index in [1.54, 1.807) is 0 Å². The number of hydrogen-bond acceptors (Lipinski definition) is 3. The number of nitrogens with zero attached hydrogens (tertiary/aromatic N) is 3. The molecule has 0 aliphatic carbocycles. The molecule has 0 rings (SSSR count). The molecular weight excluding hydrogens is 192 g/mol. The summed E-state index contributed by atoms with van der Waals surface area (Å²) in [6.45, 7) is 1.97. The Kier molecular flexibility index (Phi) is 41.2. The molecule has 5 nitrogen and oxygen atoms in total. The van der Waals surface area contributed by atoms with Gasteiger partial charge in [-0.1, -0.05) is 13.3 Å². The van der Waals surface area contributed by atoms with Crippen molar-refractivity contribution in [2.75, 3.05) is 0 Å². The first-order valence-corrected chi connectivity index (χ1v) is 3.10. The predicted octanol–water partition coefficient (Wildman–Crippen LogP) is -4.21. The molecule has 0 aromatic carbocycles. The van der Waals surface area contributed by atoms with Crippen molar-refractivity contribution >= 4 is 5.97 Å². The van der Waals surface area contributed by atoms with E-state index in [1.165, 1.54) is 6.26 Å². The molecule has 0 atom stereocenters. The Morgan fingerprint density at radius 1 is 1.46 bits per heavy atom. The molecule has 0 aliphatic heterocycles. The summed E-state index contributed by atoms with van der Waals surface area (Å²) in [6, 6.07) is 0. The predicted molar refractivity (Wildman–Crippen MR) is 37.9 cm³/mol. The van der Waals surface area contributed by atoms with Gasteiger partial charge in [0.05, 0.1) is 0 Å². The summed E-state index contributed by atoms with van der Waals surface area (Å²) in [5.41, 5.74) is 12.0. The van der Waals surface area contributed by atoms with Crippen LogP contribution in [0.15, 0.2) is 0 Å². The number of carbonyl (C=O) groups excluding carboxylic acids is 1. The third kappa shape index (κ3) is 24.5. The number of carbonyl (C=O) groups is 1. The van der Waals surface area contributed by atoms with E-state index >= 15 is 0 Å². The van der Waals surface area contributed by atoms with Crippen molar-refractivity contribution in [2.45, 2.75) is 26.2 Å². The van der Waals surface area contributed by atoms with Crippen LogP contribution >= 0.6 is 0 Å². The van der Waals surface area contributed by atoms with Crippen molar-refractivity contribution in [3.05, 3.63) is 11.1 Å². The van der Waals surface area contributed by atoms with Gasteiger partial charge < -0.3 is 15.8 Å². The molecule has 0 aromatic heterocycles. The molecule has 0 bridgehead atoms. The maximum Gasteiger partial charge on any atom is 1.00 e. The minimum atomic E-state index is -0.431. The Labute approximate surface area is 122 Å². The van der Waals surface area contributed by atoms with E-state index in [4.69, 9.17) is 16.3 Å². The number of rotatable bonds is 3. The molecule has 0 aliphatic rings. The maximum absolute atomic E-state index is 10.4. The van der Waals surface area contributed by atoms with Gasteiger partial charge in [-0.3, -0.25) is 4.79 Å². The zero-order valence-electron chi connectivity index (χ0n) is 8.28. The summed E-state index contributed by atoms with van der Waals surface area (Å²) < 4.78 is 4.01. The van der Waals surface area contributed by atoms with E-state index in [1.807, 2.05) is 6.92 Å². The fourth-order valence-corrected chi connectivity index (χ4v) is 0.423. The second-order valence-corrected chi connectivity index (χ2v) is 1.67. The van der Waals surface area contributed by atoms with E-state index in [-0.39, 0.29) is 59.1 Å². The standard InChI is InChI=1S/C6H9NO2.N2.2Na/c1-2-3-4-6(8)9-5-7;1-2;;/h2-4H2,1H3;;;/q;-2;2*+1. The Balaban J connectivity index is -0.0000000941. The smallest absolute Gasteiger partial charge is 1.00 e. The van der Waals surface area contributed by atoms with Crippen LogP contribution < -0.4 is 59.1 Å². The van der Waals surface area contributed by atoms with Gasteiger partial charge >= 0.3 is 65.1 Å². The van der Waals surface area contributed by atoms with Gasteiger partial charge in [-0.15, -0.1) is 5.26 Å². The van der Waals surface area contributed by atoms with E-state index < -0.39 is 5.97 Å². The van der Waals surface area contributed by atoms with Crippen LogP contribution in [0.2, 0.25) is 0 Å². The fourth-order valence-electron chi connectivity index (χ4n) is 0.423. The van der Waals surface area contributed by atoms with Crippen molar-refractivity contribution in [3.8, 4) is 6.26 Å².